The average molecular weight is 750 g/mol. The third kappa shape index (κ3) is 4.99. The topological polar surface area (TPSA) is 3.24 Å². The number of rotatable bonds is 4. The molecule has 0 atom stereocenters. The number of hydrogen-bond acceptors (Lipinski definition) is 1. The highest BCUT2D eigenvalue weighted by molar-refractivity contribution is 5.96. The van der Waals surface area contributed by atoms with Gasteiger partial charge in [-0.25, -0.2) is 0 Å². The maximum absolute atomic E-state index is 2.83. The van der Waals surface area contributed by atoms with Gasteiger partial charge in [-0.05, 0) is 177 Å². The molecule has 0 amide bonds. The summed E-state index contributed by atoms with van der Waals surface area (Å²) in [7, 11) is 0. The van der Waals surface area contributed by atoms with E-state index in [4.69, 9.17) is 0 Å². The summed E-state index contributed by atoms with van der Waals surface area (Å²) in [4.78, 5) is 2.83. The Kier molecular flexibility index (Phi) is 7.58. The van der Waals surface area contributed by atoms with Crippen molar-refractivity contribution in [1.29, 1.82) is 0 Å². The van der Waals surface area contributed by atoms with Crippen molar-refractivity contribution >= 4 is 17.1 Å². The van der Waals surface area contributed by atoms with Crippen LogP contribution in [0.2, 0.25) is 0 Å². The third-order valence-electron chi connectivity index (χ3n) is 17.1. The molecule has 7 aliphatic carbocycles. The maximum Gasteiger partial charge on any atom is 0.0543 e. The van der Waals surface area contributed by atoms with E-state index in [9.17, 15) is 0 Å². The summed E-state index contributed by atoms with van der Waals surface area (Å²) in [5.74, 6) is 3.26. The Balaban J connectivity index is 1.28. The molecule has 4 fully saturated rings. The Morgan fingerprint density at radius 2 is 0.895 bits per heavy atom. The fraction of sp³-hybridized carbons (Fsp3) is 0.464. The third-order valence-corrected chi connectivity index (χ3v) is 17.1. The minimum Gasteiger partial charge on any atom is -0.309 e. The lowest BCUT2D eigenvalue weighted by atomic mass is 9.43. The summed E-state index contributed by atoms with van der Waals surface area (Å²) >= 11 is 0. The maximum atomic E-state index is 2.83. The summed E-state index contributed by atoms with van der Waals surface area (Å²) in [5, 5.41) is 0. The van der Waals surface area contributed by atoms with E-state index in [-0.39, 0.29) is 27.1 Å². The Morgan fingerprint density at radius 1 is 0.404 bits per heavy atom. The van der Waals surface area contributed by atoms with Crippen molar-refractivity contribution in [2.24, 2.45) is 23.7 Å². The fourth-order valence-electron chi connectivity index (χ4n) is 14.4. The molecular weight excluding hydrogens is 687 g/mol. The van der Waals surface area contributed by atoms with E-state index in [1.54, 1.807) is 22.3 Å². The van der Waals surface area contributed by atoms with Crippen molar-refractivity contribution in [2.45, 2.75) is 140 Å². The lowest BCUT2D eigenvalue weighted by Crippen LogP contribution is -2.55. The Labute approximate surface area is 343 Å². The predicted octanol–water partition coefficient (Wildman–Crippen LogP) is 15.2. The van der Waals surface area contributed by atoms with Crippen LogP contribution >= 0.6 is 0 Å². The van der Waals surface area contributed by atoms with Crippen LogP contribution < -0.4 is 4.90 Å². The average Bonchev–Trinajstić information content (AvgIpc) is 3.47. The Hall–Kier alpha value is -4.10. The molecule has 57 heavy (non-hydrogen) atoms. The van der Waals surface area contributed by atoms with Gasteiger partial charge in [0.1, 0.15) is 0 Å². The van der Waals surface area contributed by atoms with Crippen molar-refractivity contribution in [1.82, 2.24) is 0 Å². The first kappa shape index (κ1) is 36.0. The van der Waals surface area contributed by atoms with E-state index >= 15 is 0 Å². The lowest BCUT2D eigenvalue weighted by molar-refractivity contribution is -0.0399. The number of anilines is 3. The second-order valence-corrected chi connectivity index (χ2v) is 22.3. The van der Waals surface area contributed by atoms with Gasteiger partial charge in [-0.3, -0.25) is 0 Å². The molecule has 0 unspecified atom stereocenters. The van der Waals surface area contributed by atoms with Crippen LogP contribution in [0.25, 0.3) is 22.3 Å². The zero-order valence-electron chi connectivity index (χ0n) is 35.9. The number of hydrogen-bond donors (Lipinski definition) is 0. The molecule has 292 valence electrons. The fourth-order valence-corrected chi connectivity index (χ4v) is 14.4. The van der Waals surface area contributed by atoms with Crippen LogP contribution in [0.1, 0.15) is 147 Å². The molecule has 1 spiro atoms. The van der Waals surface area contributed by atoms with Crippen molar-refractivity contribution in [3.8, 4) is 22.3 Å². The number of benzene rings is 5. The molecule has 0 aliphatic heterocycles. The largest absolute Gasteiger partial charge is 0.309 e. The van der Waals surface area contributed by atoms with E-state index in [1.807, 2.05) is 0 Å². The first-order valence-electron chi connectivity index (χ1n) is 22.6. The molecule has 7 aliphatic rings. The zero-order valence-corrected chi connectivity index (χ0v) is 35.9. The van der Waals surface area contributed by atoms with Gasteiger partial charge in [0.15, 0.2) is 0 Å². The molecule has 0 aromatic heterocycles. The van der Waals surface area contributed by atoms with Crippen LogP contribution in [0.15, 0.2) is 103 Å². The van der Waals surface area contributed by atoms with Crippen LogP contribution in [0.5, 0.6) is 0 Å². The molecule has 4 bridgehead atoms. The first-order valence-corrected chi connectivity index (χ1v) is 22.6. The smallest absolute Gasteiger partial charge is 0.0543 e. The quantitative estimate of drug-likeness (QED) is 0.177. The molecule has 0 radical (unpaired) electrons. The van der Waals surface area contributed by atoms with Gasteiger partial charge in [-0.2, -0.15) is 0 Å². The number of nitrogens with zero attached hydrogens (tertiary/aromatic N) is 1. The van der Waals surface area contributed by atoms with Gasteiger partial charge in [-0.15, -0.1) is 0 Å². The first-order chi connectivity index (χ1) is 27.2. The van der Waals surface area contributed by atoms with Gasteiger partial charge >= 0.3 is 0 Å². The van der Waals surface area contributed by atoms with Gasteiger partial charge < -0.3 is 4.90 Å². The summed E-state index contributed by atoms with van der Waals surface area (Å²) in [6, 6.07) is 41.2. The van der Waals surface area contributed by atoms with E-state index in [0.717, 1.165) is 11.8 Å². The molecule has 1 heteroatoms. The van der Waals surface area contributed by atoms with Crippen molar-refractivity contribution in [3.63, 3.8) is 0 Å². The Morgan fingerprint density at radius 3 is 1.46 bits per heavy atom. The molecule has 1 nitrogen and oxygen atoms in total. The number of fused-ring (bicyclic) bond motifs is 5. The van der Waals surface area contributed by atoms with E-state index in [0.29, 0.717) is 11.8 Å². The second-order valence-electron chi connectivity index (χ2n) is 22.3. The monoisotopic (exact) mass is 749 g/mol. The molecule has 4 saturated carbocycles. The molecule has 5 aromatic rings. The van der Waals surface area contributed by atoms with Gasteiger partial charge in [0.05, 0.1) is 17.1 Å². The summed E-state index contributed by atoms with van der Waals surface area (Å²) < 4.78 is 0. The second kappa shape index (κ2) is 12.0. The zero-order chi connectivity index (χ0) is 39.3. The van der Waals surface area contributed by atoms with E-state index in [2.05, 4.69) is 163 Å². The Bertz CT molecular complexity index is 2330. The minimum atomic E-state index is 0.0336. The standard InChI is InChI=1S/C56H63N/c1-52(2)24-26-54(5,6)50-44(52)20-14-22-47(50)57(48-23-15-21-45-51(48)55(7,8)27-25-53(45,3)4)49-34-46-42(33-41(49)37-16-10-9-11-17-37)40-18-12-13-19-43(40)56(46)38-29-35-28-36(31-38)32-39(56)30-35/h9-23,33-36,38-39H,24-32H2,1-8H3. The molecule has 5 aromatic carbocycles. The summed E-state index contributed by atoms with van der Waals surface area (Å²) in [6.45, 7) is 20.1. The highest BCUT2D eigenvalue weighted by Gasteiger charge is 2.62. The highest BCUT2D eigenvalue weighted by atomic mass is 15.2. The van der Waals surface area contributed by atoms with Crippen molar-refractivity contribution < 1.29 is 0 Å². The van der Waals surface area contributed by atoms with Crippen molar-refractivity contribution in [2.75, 3.05) is 4.90 Å². The van der Waals surface area contributed by atoms with Crippen LogP contribution in [0.3, 0.4) is 0 Å². The van der Waals surface area contributed by atoms with E-state index < -0.39 is 0 Å². The summed E-state index contributed by atoms with van der Waals surface area (Å²) in [6.07, 6.45) is 11.8. The van der Waals surface area contributed by atoms with Crippen molar-refractivity contribution in [3.05, 3.63) is 137 Å². The van der Waals surface area contributed by atoms with Gasteiger partial charge in [0.25, 0.3) is 0 Å². The van der Waals surface area contributed by atoms with Gasteiger partial charge in [-0.1, -0.05) is 134 Å². The summed E-state index contributed by atoms with van der Waals surface area (Å²) in [5.41, 5.74) is 19.5. The minimum absolute atomic E-state index is 0.0336. The molecular formula is C56H63N. The molecule has 12 rings (SSSR count). The van der Waals surface area contributed by atoms with Crippen LogP contribution in [0.4, 0.5) is 17.1 Å². The predicted molar refractivity (Wildman–Crippen MR) is 240 cm³/mol. The molecule has 0 N–H and O–H groups in total. The van der Waals surface area contributed by atoms with Gasteiger partial charge in [0, 0.05) is 11.0 Å². The SMILES string of the molecule is CC1(C)CCC(C)(C)c2c(N(c3cc4c(cc3-c3ccccc3)-c3ccccc3C43C4CC5CC(C4)CC3C5)c3cccc4c3C(C)(C)CCC4(C)C)cccc21. The van der Waals surface area contributed by atoms with E-state index in [1.165, 1.54) is 108 Å². The molecule has 0 heterocycles. The van der Waals surface area contributed by atoms with Crippen LogP contribution in [0, 0.1) is 23.7 Å². The van der Waals surface area contributed by atoms with Gasteiger partial charge in [0.2, 0.25) is 0 Å². The normalized spacial score (nSPS) is 28.7. The van der Waals surface area contributed by atoms with Crippen LogP contribution in [-0.4, -0.2) is 0 Å². The lowest BCUT2D eigenvalue weighted by Gasteiger charge is -2.61. The molecule has 0 saturated heterocycles. The highest BCUT2D eigenvalue weighted by Crippen LogP contribution is 2.70. The van der Waals surface area contributed by atoms with Crippen LogP contribution in [-0.2, 0) is 27.1 Å².